The van der Waals surface area contributed by atoms with Crippen LogP contribution in [0.2, 0.25) is 0 Å². The number of hydrogen-bond acceptors (Lipinski definition) is 3. The maximum Gasteiger partial charge on any atom is 0.329 e. The molecule has 0 spiro atoms. The van der Waals surface area contributed by atoms with Gasteiger partial charge in [-0.3, -0.25) is 4.79 Å². The Kier molecular flexibility index (Phi) is 3.10. The second-order valence-electron chi connectivity index (χ2n) is 4.92. The van der Waals surface area contributed by atoms with Gasteiger partial charge in [0.1, 0.15) is 10.4 Å². The molecule has 1 aliphatic rings. The number of carbonyl (C=O) groups is 2. The van der Waals surface area contributed by atoms with Crippen LogP contribution in [0.4, 0.5) is 0 Å². The molecule has 0 unspecified atom stereocenters. The third-order valence-corrected chi connectivity index (χ3v) is 4.60. The predicted octanol–water partition coefficient (Wildman–Crippen LogP) is 2.28. The summed E-state index contributed by atoms with van der Waals surface area (Å²) < 4.78 is 1.85. The molecule has 2 aromatic heterocycles. The van der Waals surface area contributed by atoms with E-state index >= 15 is 0 Å². The van der Waals surface area contributed by atoms with Gasteiger partial charge in [-0.05, 0) is 42.8 Å². The molecule has 3 rings (SSSR count). The first-order valence-corrected chi connectivity index (χ1v) is 7.27. The van der Waals surface area contributed by atoms with Gasteiger partial charge < -0.3 is 15.0 Å². The van der Waals surface area contributed by atoms with E-state index in [0.29, 0.717) is 17.7 Å². The zero-order valence-corrected chi connectivity index (χ0v) is 11.5. The quantitative estimate of drug-likeness (QED) is 0.907. The van der Waals surface area contributed by atoms with E-state index in [1.165, 1.54) is 11.3 Å². The SMILES string of the molecule is O=C(NC1(C(=O)O)CCC1)c1sccc1-n1cccc1. The van der Waals surface area contributed by atoms with Crippen LogP contribution in [0, 0.1) is 0 Å². The second kappa shape index (κ2) is 4.79. The number of carboxylic acid groups (broad SMARTS) is 1. The topological polar surface area (TPSA) is 71.3 Å². The van der Waals surface area contributed by atoms with Gasteiger partial charge in [0.2, 0.25) is 0 Å². The van der Waals surface area contributed by atoms with E-state index in [2.05, 4.69) is 5.32 Å². The van der Waals surface area contributed by atoms with Gasteiger partial charge >= 0.3 is 5.97 Å². The van der Waals surface area contributed by atoms with Crippen LogP contribution in [0.1, 0.15) is 28.9 Å². The van der Waals surface area contributed by atoms with Gasteiger partial charge in [-0.1, -0.05) is 0 Å². The minimum Gasteiger partial charge on any atom is -0.480 e. The Morgan fingerprint density at radius 2 is 2.00 bits per heavy atom. The van der Waals surface area contributed by atoms with Crippen molar-refractivity contribution in [1.29, 1.82) is 0 Å². The monoisotopic (exact) mass is 290 g/mol. The molecule has 2 aromatic rings. The van der Waals surface area contributed by atoms with Crippen LogP contribution in [0.25, 0.3) is 5.69 Å². The van der Waals surface area contributed by atoms with Crippen molar-refractivity contribution in [2.75, 3.05) is 0 Å². The van der Waals surface area contributed by atoms with Crippen LogP contribution in [0.3, 0.4) is 0 Å². The molecular formula is C14H14N2O3S. The fourth-order valence-electron chi connectivity index (χ4n) is 2.37. The smallest absolute Gasteiger partial charge is 0.329 e. The second-order valence-corrected chi connectivity index (χ2v) is 5.84. The van der Waals surface area contributed by atoms with Crippen LogP contribution >= 0.6 is 11.3 Å². The summed E-state index contributed by atoms with van der Waals surface area (Å²) in [4.78, 5) is 24.2. The van der Waals surface area contributed by atoms with Crippen molar-refractivity contribution >= 4 is 23.2 Å². The summed E-state index contributed by atoms with van der Waals surface area (Å²) >= 11 is 1.32. The molecule has 104 valence electrons. The summed E-state index contributed by atoms with van der Waals surface area (Å²) in [6.45, 7) is 0. The maximum absolute atomic E-state index is 12.4. The van der Waals surface area contributed by atoms with Gasteiger partial charge in [0.15, 0.2) is 0 Å². The van der Waals surface area contributed by atoms with Gasteiger partial charge in [0, 0.05) is 12.4 Å². The molecule has 6 heteroatoms. The molecule has 1 fully saturated rings. The molecule has 20 heavy (non-hydrogen) atoms. The molecule has 2 N–H and O–H groups in total. The van der Waals surface area contributed by atoms with E-state index in [-0.39, 0.29) is 5.91 Å². The molecule has 1 saturated carbocycles. The third kappa shape index (κ3) is 2.02. The lowest BCUT2D eigenvalue weighted by atomic mass is 9.76. The van der Waals surface area contributed by atoms with E-state index in [9.17, 15) is 14.7 Å². The maximum atomic E-state index is 12.4. The molecule has 2 heterocycles. The van der Waals surface area contributed by atoms with Crippen molar-refractivity contribution in [3.8, 4) is 5.69 Å². The van der Waals surface area contributed by atoms with Crippen molar-refractivity contribution in [1.82, 2.24) is 9.88 Å². The number of amides is 1. The first-order chi connectivity index (χ1) is 9.62. The van der Waals surface area contributed by atoms with E-state index in [1.807, 2.05) is 40.5 Å². The first-order valence-electron chi connectivity index (χ1n) is 6.39. The molecule has 0 aromatic carbocycles. The first kappa shape index (κ1) is 12.9. The zero-order valence-electron chi connectivity index (χ0n) is 10.7. The minimum absolute atomic E-state index is 0.314. The number of carboxylic acids is 1. The summed E-state index contributed by atoms with van der Waals surface area (Å²) in [7, 11) is 0. The summed E-state index contributed by atoms with van der Waals surface area (Å²) in [5.41, 5.74) is -0.299. The van der Waals surface area contributed by atoms with Crippen molar-refractivity contribution in [2.24, 2.45) is 0 Å². The summed E-state index contributed by atoms with van der Waals surface area (Å²) in [6, 6.07) is 5.61. The van der Waals surface area contributed by atoms with Gasteiger partial charge in [-0.2, -0.15) is 0 Å². The summed E-state index contributed by atoms with van der Waals surface area (Å²) in [5, 5.41) is 13.8. The summed E-state index contributed by atoms with van der Waals surface area (Å²) in [6.07, 6.45) is 5.54. The van der Waals surface area contributed by atoms with Crippen molar-refractivity contribution in [3.05, 3.63) is 40.8 Å². The van der Waals surface area contributed by atoms with E-state index in [1.54, 1.807) is 0 Å². The van der Waals surface area contributed by atoms with Gasteiger partial charge in [0.05, 0.1) is 5.69 Å². The highest BCUT2D eigenvalue weighted by Crippen LogP contribution is 2.33. The predicted molar refractivity (Wildman–Crippen MR) is 75.3 cm³/mol. The number of thiophene rings is 1. The number of nitrogens with one attached hydrogen (secondary N) is 1. The molecule has 0 atom stereocenters. The molecule has 1 aliphatic carbocycles. The minimum atomic E-state index is -1.07. The number of aliphatic carboxylic acids is 1. The van der Waals surface area contributed by atoms with E-state index in [0.717, 1.165) is 12.1 Å². The fraction of sp³-hybridized carbons (Fsp3) is 0.286. The normalized spacial score (nSPS) is 16.4. The average molecular weight is 290 g/mol. The Morgan fingerprint density at radius 1 is 1.30 bits per heavy atom. The summed E-state index contributed by atoms with van der Waals surface area (Å²) in [5.74, 6) is -1.26. The van der Waals surface area contributed by atoms with Crippen molar-refractivity contribution < 1.29 is 14.7 Å². The Bertz CT molecular complexity index is 641. The number of aromatic nitrogens is 1. The van der Waals surface area contributed by atoms with Crippen LogP contribution < -0.4 is 5.32 Å². The molecule has 0 radical (unpaired) electrons. The molecule has 1 amide bonds. The Hall–Kier alpha value is -2.08. The Balaban J connectivity index is 1.85. The number of nitrogens with zero attached hydrogens (tertiary/aromatic N) is 1. The Morgan fingerprint density at radius 3 is 2.55 bits per heavy atom. The lowest BCUT2D eigenvalue weighted by molar-refractivity contribution is -0.148. The fourth-order valence-corrected chi connectivity index (χ4v) is 3.15. The Labute approximate surface area is 119 Å². The van der Waals surface area contributed by atoms with Gasteiger partial charge in [-0.25, -0.2) is 4.79 Å². The molecule has 0 aliphatic heterocycles. The highest BCUT2D eigenvalue weighted by atomic mass is 32.1. The van der Waals surface area contributed by atoms with Gasteiger partial charge in [0.25, 0.3) is 5.91 Å². The molecule has 0 bridgehead atoms. The van der Waals surface area contributed by atoms with Gasteiger partial charge in [-0.15, -0.1) is 11.3 Å². The molecule has 0 saturated heterocycles. The number of carbonyl (C=O) groups excluding carboxylic acids is 1. The largest absolute Gasteiger partial charge is 0.480 e. The number of rotatable bonds is 4. The zero-order chi connectivity index (χ0) is 14.2. The van der Waals surface area contributed by atoms with E-state index in [4.69, 9.17) is 0 Å². The highest BCUT2D eigenvalue weighted by molar-refractivity contribution is 7.12. The lowest BCUT2D eigenvalue weighted by Gasteiger charge is -2.38. The average Bonchev–Trinajstić information content (AvgIpc) is 3.01. The van der Waals surface area contributed by atoms with Crippen LogP contribution in [-0.4, -0.2) is 27.1 Å². The van der Waals surface area contributed by atoms with E-state index < -0.39 is 11.5 Å². The standard InChI is InChI=1S/C14H14N2O3S/c17-12(15-14(13(18)19)5-3-6-14)11-10(4-9-20-11)16-7-1-2-8-16/h1-2,4,7-9H,3,5-6H2,(H,15,17)(H,18,19). The molecule has 5 nitrogen and oxygen atoms in total. The lowest BCUT2D eigenvalue weighted by Crippen LogP contribution is -2.59. The third-order valence-electron chi connectivity index (χ3n) is 3.70. The highest BCUT2D eigenvalue weighted by Gasteiger charge is 2.46. The van der Waals surface area contributed by atoms with Crippen LogP contribution in [-0.2, 0) is 4.79 Å². The van der Waals surface area contributed by atoms with Crippen LogP contribution in [0.5, 0.6) is 0 Å². The van der Waals surface area contributed by atoms with Crippen molar-refractivity contribution in [2.45, 2.75) is 24.8 Å². The number of hydrogen-bond donors (Lipinski definition) is 2. The molecular weight excluding hydrogens is 276 g/mol. The van der Waals surface area contributed by atoms with Crippen LogP contribution in [0.15, 0.2) is 36.0 Å². The van der Waals surface area contributed by atoms with Crippen molar-refractivity contribution in [3.63, 3.8) is 0 Å².